The highest BCUT2D eigenvalue weighted by atomic mass is 16.2. The van der Waals surface area contributed by atoms with Crippen LogP contribution in [0.25, 0.3) is 0 Å². The van der Waals surface area contributed by atoms with Gasteiger partial charge in [0.1, 0.15) is 0 Å². The zero-order valence-electron chi connectivity index (χ0n) is 24.6. The molecule has 0 saturated carbocycles. The maximum atomic E-state index is 12.7. The van der Waals surface area contributed by atoms with Crippen LogP contribution in [0.1, 0.15) is 141 Å². The van der Waals surface area contributed by atoms with E-state index in [4.69, 9.17) is 5.10 Å². The average Bonchev–Trinajstić information content (AvgIpc) is 2.91. The van der Waals surface area contributed by atoms with Crippen molar-refractivity contribution < 1.29 is 9.59 Å². The predicted molar refractivity (Wildman–Crippen MR) is 160 cm³/mol. The molecule has 0 N–H and O–H groups in total. The minimum atomic E-state index is 0.116. The lowest BCUT2D eigenvalue weighted by Gasteiger charge is -2.29. The fraction of sp³-hybridized carbons (Fsp3) is 0.727. The van der Waals surface area contributed by atoms with Crippen molar-refractivity contribution in [2.75, 3.05) is 18.5 Å². The molecule has 1 unspecified atom stereocenters. The van der Waals surface area contributed by atoms with Gasteiger partial charge >= 0.3 is 0 Å². The van der Waals surface area contributed by atoms with Crippen LogP contribution in [0.3, 0.4) is 0 Å². The van der Waals surface area contributed by atoms with Gasteiger partial charge in [0.25, 0.3) is 0 Å². The van der Waals surface area contributed by atoms with Gasteiger partial charge in [-0.15, -0.1) is 0 Å². The summed E-state index contributed by atoms with van der Waals surface area (Å²) < 4.78 is 0. The van der Waals surface area contributed by atoms with Crippen LogP contribution in [-0.4, -0.2) is 36.1 Å². The number of benzene rings is 1. The number of hydrogen-bond donors (Lipinski definition) is 0. The largest absolute Gasteiger partial charge is 0.315 e. The molecular weight excluding hydrogens is 470 g/mol. The van der Waals surface area contributed by atoms with Gasteiger partial charge in [0.2, 0.25) is 11.8 Å². The Morgan fingerprint density at radius 1 is 0.763 bits per heavy atom. The number of carbonyl (C=O) groups is 2. The van der Waals surface area contributed by atoms with Gasteiger partial charge in [-0.3, -0.25) is 9.59 Å². The smallest absolute Gasteiger partial charge is 0.243 e. The first-order valence-corrected chi connectivity index (χ1v) is 15.8. The Kier molecular flexibility index (Phi) is 13.4. The number of unbranched alkanes of at least 4 members (excludes halogenated alkanes) is 15. The monoisotopic (exact) mass is 523 g/mol. The standard InChI is InChI=1S/C33H53N3O2/c1-4-5-6-7-8-9-10-11-12-13-14-15-16-17-18-19-24-36-32(38)25-27(2)33(34-36)29-20-22-30-28(26-29)21-23-31(37)35(30)3/h20,22,26-27H,4-19,21,23-25H2,1-3H3. The SMILES string of the molecule is CCCCCCCCCCCCCCCCCCN1N=C(c2ccc3c(c2)CCC(=O)N3C)C(C)CC1=O. The summed E-state index contributed by atoms with van der Waals surface area (Å²) in [5.41, 5.74) is 4.28. The zero-order chi connectivity index (χ0) is 27.2. The molecule has 2 heterocycles. The van der Waals surface area contributed by atoms with E-state index in [9.17, 15) is 9.59 Å². The molecule has 1 atom stereocenters. The Labute approximate surface area is 232 Å². The highest BCUT2D eigenvalue weighted by Crippen LogP contribution is 2.30. The van der Waals surface area contributed by atoms with E-state index in [2.05, 4.69) is 26.0 Å². The highest BCUT2D eigenvalue weighted by Gasteiger charge is 2.28. The Bertz CT molecular complexity index is 910. The van der Waals surface area contributed by atoms with Crippen LogP contribution in [-0.2, 0) is 16.0 Å². The number of hydrazone groups is 1. The first-order chi connectivity index (χ1) is 18.5. The third kappa shape index (κ3) is 9.54. The van der Waals surface area contributed by atoms with E-state index in [1.807, 2.05) is 13.1 Å². The van der Waals surface area contributed by atoms with E-state index in [1.165, 1.54) is 102 Å². The summed E-state index contributed by atoms with van der Waals surface area (Å²) in [7, 11) is 1.85. The fourth-order valence-electron chi connectivity index (χ4n) is 5.89. The highest BCUT2D eigenvalue weighted by molar-refractivity contribution is 6.06. The van der Waals surface area contributed by atoms with Crippen LogP contribution < -0.4 is 4.90 Å². The van der Waals surface area contributed by atoms with Crippen LogP contribution in [0.4, 0.5) is 5.69 Å². The van der Waals surface area contributed by atoms with Gasteiger partial charge in [0, 0.05) is 38.0 Å². The van der Waals surface area contributed by atoms with Crippen molar-refractivity contribution in [3.05, 3.63) is 29.3 Å². The van der Waals surface area contributed by atoms with E-state index in [-0.39, 0.29) is 17.7 Å². The lowest BCUT2D eigenvalue weighted by molar-refractivity contribution is -0.132. The molecule has 5 heteroatoms. The van der Waals surface area contributed by atoms with E-state index < -0.39 is 0 Å². The summed E-state index contributed by atoms with van der Waals surface area (Å²) in [5, 5.41) is 6.54. The molecule has 1 aromatic rings. The molecule has 2 aliphatic rings. The molecular formula is C33H53N3O2. The van der Waals surface area contributed by atoms with Gasteiger partial charge in [0.05, 0.1) is 5.71 Å². The molecule has 0 fully saturated rings. The second-order valence-corrected chi connectivity index (χ2v) is 11.7. The van der Waals surface area contributed by atoms with E-state index in [0.29, 0.717) is 12.8 Å². The number of carbonyl (C=O) groups excluding carboxylic acids is 2. The van der Waals surface area contributed by atoms with Crippen LogP contribution >= 0.6 is 0 Å². The number of fused-ring (bicyclic) bond motifs is 1. The normalized spacial score (nSPS) is 17.7. The van der Waals surface area contributed by atoms with Gasteiger partial charge in [0.15, 0.2) is 0 Å². The number of amides is 2. The molecule has 38 heavy (non-hydrogen) atoms. The molecule has 5 nitrogen and oxygen atoms in total. The Hall–Kier alpha value is -2.17. The predicted octanol–water partition coefficient (Wildman–Crippen LogP) is 8.43. The number of hydrogen-bond acceptors (Lipinski definition) is 3. The van der Waals surface area contributed by atoms with E-state index >= 15 is 0 Å². The van der Waals surface area contributed by atoms with Crippen LogP contribution in [0.5, 0.6) is 0 Å². The van der Waals surface area contributed by atoms with Crippen LogP contribution in [0, 0.1) is 5.92 Å². The third-order valence-electron chi connectivity index (χ3n) is 8.41. The minimum absolute atomic E-state index is 0.116. The topological polar surface area (TPSA) is 53.0 Å². The van der Waals surface area contributed by atoms with Gasteiger partial charge < -0.3 is 4.90 Å². The summed E-state index contributed by atoms with van der Waals surface area (Å²) in [6, 6.07) is 6.27. The van der Waals surface area contributed by atoms with Crippen molar-refractivity contribution in [3.8, 4) is 0 Å². The summed E-state index contributed by atoms with van der Waals surface area (Å²) in [4.78, 5) is 26.4. The molecule has 212 valence electrons. The maximum Gasteiger partial charge on any atom is 0.243 e. The number of anilines is 1. The van der Waals surface area contributed by atoms with Crippen LogP contribution in [0.2, 0.25) is 0 Å². The Morgan fingerprint density at radius 3 is 1.89 bits per heavy atom. The number of aryl methyl sites for hydroxylation is 1. The summed E-state index contributed by atoms with van der Waals surface area (Å²) >= 11 is 0. The van der Waals surface area contributed by atoms with Crippen LogP contribution in [0.15, 0.2) is 23.3 Å². The van der Waals surface area contributed by atoms with E-state index in [0.717, 1.165) is 36.3 Å². The van der Waals surface area contributed by atoms with Gasteiger partial charge in [-0.05, 0) is 36.1 Å². The second-order valence-electron chi connectivity index (χ2n) is 11.7. The average molecular weight is 524 g/mol. The molecule has 3 rings (SSSR count). The van der Waals surface area contributed by atoms with Crippen molar-refractivity contribution in [1.82, 2.24) is 5.01 Å². The van der Waals surface area contributed by atoms with Gasteiger partial charge in [-0.25, -0.2) is 5.01 Å². The molecule has 0 aliphatic carbocycles. The Morgan fingerprint density at radius 2 is 1.32 bits per heavy atom. The second kappa shape index (κ2) is 16.7. The molecule has 0 aromatic heterocycles. The van der Waals surface area contributed by atoms with Crippen molar-refractivity contribution in [3.63, 3.8) is 0 Å². The van der Waals surface area contributed by atoms with Crippen molar-refractivity contribution in [2.24, 2.45) is 11.0 Å². The molecule has 0 radical (unpaired) electrons. The first kappa shape index (κ1) is 30.4. The molecule has 1 aromatic carbocycles. The van der Waals surface area contributed by atoms with Gasteiger partial charge in [-0.1, -0.05) is 116 Å². The summed E-state index contributed by atoms with van der Waals surface area (Å²) in [5.74, 6) is 0.431. The lowest BCUT2D eigenvalue weighted by atomic mass is 9.90. The quantitative estimate of drug-likeness (QED) is 0.181. The van der Waals surface area contributed by atoms with Crippen molar-refractivity contribution >= 4 is 23.2 Å². The summed E-state index contributed by atoms with van der Waals surface area (Å²) in [6.07, 6.45) is 23.4. The molecule has 0 saturated heterocycles. The minimum Gasteiger partial charge on any atom is -0.315 e. The van der Waals surface area contributed by atoms with Gasteiger partial charge in [-0.2, -0.15) is 5.10 Å². The zero-order valence-corrected chi connectivity index (χ0v) is 24.6. The lowest BCUT2D eigenvalue weighted by Crippen LogP contribution is -2.37. The fourth-order valence-corrected chi connectivity index (χ4v) is 5.89. The van der Waals surface area contributed by atoms with Crippen molar-refractivity contribution in [1.29, 1.82) is 0 Å². The molecule has 2 aliphatic heterocycles. The molecule has 2 amide bonds. The number of rotatable bonds is 18. The third-order valence-corrected chi connectivity index (χ3v) is 8.41. The Balaban J connectivity index is 1.30. The van der Waals surface area contributed by atoms with E-state index in [1.54, 1.807) is 9.91 Å². The first-order valence-electron chi connectivity index (χ1n) is 15.8. The molecule has 0 spiro atoms. The number of nitrogens with zero attached hydrogens (tertiary/aromatic N) is 3. The summed E-state index contributed by atoms with van der Waals surface area (Å²) in [6.45, 7) is 5.10. The molecule has 0 bridgehead atoms. The maximum absolute atomic E-state index is 12.7. The van der Waals surface area contributed by atoms with Crippen molar-refractivity contribution in [2.45, 2.75) is 136 Å².